The zero-order valence-electron chi connectivity index (χ0n) is 13.4. The number of hydrogen-bond donors (Lipinski definition) is 1. The molecular weight excluding hydrogens is 346 g/mol. The number of hydrogen-bond acceptors (Lipinski definition) is 6. The summed E-state index contributed by atoms with van der Waals surface area (Å²) < 4.78 is 5.38. The summed E-state index contributed by atoms with van der Waals surface area (Å²) >= 11 is 2.59. The number of thioether (sulfide) groups is 1. The molecule has 24 heavy (non-hydrogen) atoms. The molecule has 0 atom stereocenters. The van der Waals surface area contributed by atoms with Gasteiger partial charge in [0.15, 0.2) is 5.13 Å². The number of aryl methyl sites for hydroxylation is 1. The van der Waals surface area contributed by atoms with Gasteiger partial charge >= 0.3 is 0 Å². The van der Waals surface area contributed by atoms with Gasteiger partial charge in [-0.25, -0.2) is 4.98 Å². The monoisotopic (exact) mass is 363 g/mol. The Labute approximate surface area is 148 Å². The number of anilines is 1. The van der Waals surface area contributed by atoms with E-state index in [-0.39, 0.29) is 17.7 Å². The van der Waals surface area contributed by atoms with Crippen molar-refractivity contribution >= 4 is 39.4 Å². The molecule has 0 bridgehead atoms. The summed E-state index contributed by atoms with van der Waals surface area (Å²) in [5, 5.41) is 5.10. The Hall–Kier alpha value is -2.06. The predicted molar refractivity (Wildman–Crippen MR) is 96.9 cm³/mol. The summed E-state index contributed by atoms with van der Waals surface area (Å²) in [5.74, 6) is 1.24. The standard InChI is InChI=1S/C16H17N3O3S2/c1-10-3-4-13(22-2)11(7-10)12-9-24-15(17-12)18-14(20)8-19-5-6-23-16(19)21/h3-4,7,9H,5-6,8H2,1-2H3,(H,17,18,20). The highest BCUT2D eigenvalue weighted by Gasteiger charge is 2.23. The van der Waals surface area contributed by atoms with Gasteiger partial charge in [0.25, 0.3) is 5.24 Å². The molecule has 0 unspecified atom stereocenters. The van der Waals surface area contributed by atoms with Crippen molar-refractivity contribution in [1.82, 2.24) is 9.88 Å². The van der Waals surface area contributed by atoms with Gasteiger partial charge in [0.2, 0.25) is 5.91 Å². The number of methoxy groups -OCH3 is 1. The van der Waals surface area contributed by atoms with Gasteiger partial charge in [0.1, 0.15) is 12.3 Å². The van der Waals surface area contributed by atoms with Crippen LogP contribution in [0.4, 0.5) is 9.93 Å². The average molecular weight is 363 g/mol. The van der Waals surface area contributed by atoms with Crippen LogP contribution in [0, 0.1) is 6.92 Å². The number of rotatable bonds is 5. The maximum atomic E-state index is 12.1. The molecule has 0 saturated carbocycles. The minimum absolute atomic E-state index is 0.0468. The van der Waals surface area contributed by atoms with E-state index in [1.54, 1.807) is 7.11 Å². The highest BCUT2D eigenvalue weighted by atomic mass is 32.2. The van der Waals surface area contributed by atoms with Crippen molar-refractivity contribution < 1.29 is 14.3 Å². The second-order valence-electron chi connectivity index (χ2n) is 5.33. The van der Waals surface area contributed by atoms with Gasteiger partial charge in [0, 0.05) is 23.2 Å². The Balaban J connectivity index is 1.70. The molecule has 1 fully saturated rings. The lowest BCUT2D eigenvalue weighted by Crippen LogP contribution is -2.33. The van der Waals surface area contributed by atoms with Crippen molar-refractivity contribution in [2.75, 3.05) is 31.3 Å². The molecule has 2 heterocycles. The first kappa shape index (κ1) is 16.8. The van der Waals surface area contributed by atoms with E-state index in [2.05, 4.69) is 10.3 Å². The summed E-state index contributed by atoms with van der Waals surface area (Å²) in [4.78, 5) is 29.6. The molecule has 2 amide bonds. The maximum Gasteiger partial charge on any atom is 0.282 e. The number of nitrogens with zero attached hydrogens (tertiary/aromatic N) is 2. The van der Waals surface area contributed by atoms with E-state index in [0.29, 0.717) is 11.7 Å². The third-order valence-electron chi connectivity index (χ3n) is 3.56. The Morgan fingerprint density at radius 1 is 1.46 bits per heavy atom. The van der Waals surface area contributed by atoms with E-state index in [0.717, 1.165) is 28.3 Å². The van der Waals surface area contributed by atoms with E-state index in [1.807, 2.05) is 30.5 Å². The van der Waals surface area contributed by atoms with Crippen LogP contribution in [0.25, 0.3) is 11.3 Å². The smallest absolute Gasteiger partial charge is 0.282 e. The second kappa shape index (κ2) is 7.23. The minimum atomic E-state index is -0.233. The number of carbonyl (C=O) groups excluding carboxylic acids is 2. The van der Waals surface area contributed by atoms with E-state index in [1.165, 1.54) is 28.0 Å². The van der Waals surface area contributed by atoms with Crippen LogP contribution < -0.4 is 10.1 Å². The SMILES string of the molecule is COc1ccc(C)cc1-c1csc(NC(=O)CN2CCSC2=O)n1. The summed E-state index contributed by atoms with van der Waals surface area (Å²) in [7, 11) is 1.62. The molecule has 126 valence electrons. The highest BCUT2D eigenvalue weighted by Crippen LogP contribution is 2.33. The van der Waals surface area contributed by atoms with Crippen molar-refractivity contribution in [3.8, 4) is 17.0 Å². The Morgan fingerprint density at radius 3 is 3.00 bits per heavy atom. The van der Waals surface area contributed by atoms with Crippen LogP contribution in [0.2, 0.25) is 0 Å². The van der Waals surface area contributed by atoms with Crippen molar-refractivity contribution in [2.24, 2.45) is 0 Å². The van der Waals surface area contributed by atoms with Gasteiger partial charge in [-0.15, -0.1) is 11.3 Å². The zero-order valence-corrected chi connectivity index (χ0v) is 15.0. The van der Waals surface area contributed by atoms with Gasteiger partial charge in [0.05, 0.1) is 12.8 Å². The number of ether oxygens (including phenoxy) is 1. The lowest BCUT2D eigenvalue weighted by molar-refractivity contribution is -0.116. The van der Waals surface area contributed by atoms with Crippen molar-refractivity contribution in [3.63, 3.8) is 0 Å². The van der Waals surface area contributed by atoms with Gasteiger partial charge < -0.3 is 15.0 Å². The third-order valence-corrected chi connectivity index (χ3v) is 5.21. The molecule has 0 radical (unpaired) electrons. The lowest BCUT2D eigenvalue weighted by atomic mass is 10.1. The number of benzene rings is 1. The third kappa shape index (κ3) is 3.70. The lowest BCUT2D eigenvalue weighted by Gasteiger charge is -2.12. The van der Waals surface area contributed by atoms with E-state index >= 15 is 0 Å². The molecule has 1 aromatic carbocycles. The molecule has 1 saturated heterocycles. The van der Waals surface area contributed by atoms with Gasteiger partial charge in [-0.05, 0) is 19.1 Å². The molecule has 2 aromatic rings. The molecule has 0 aliphatic carbocycles. The summed E-state index contributed by atoms with van der Waals surface area (Å²) in [6.45, 7) is 2.68. The van der Waals surface area contributed by atoms with Crippen LogP contribution in [-0.2, 0) is 4.79 Å². The number of aromatic nitrogens is 1. The molecule has 1 aliphatic heterocycles. The minimum Gasteiger partial charge on any atom is -0.496 e. The van der Waals surface area contributed by atoms with Crippen LogP contribution in [0.1, 0.15) is 5.56 Å². The number of carbonyl (C=O) groups is 2. The predicted octanol–water partition coefficient (Wildman–Crippen LogP) is 3.23. The summed E-state index contributed by atoms with van der Waals surface area (Å²) in [5.41, 5.74) is 2.75. The highest BCUT2D eigenvalue weighted by molar-refractivity contribution is 8.13. The second-order valence-corrected chi connectivity index (χ2v) is 7.23. The van der Waals surface area contributed by atoms with E-state index in [9.17, 15) is 9.59 Å². The first-order chi connectivity index (χ1) is 11.6. The summed E-state index contributed by atoms with van der Waals surface area (Å²) in [6.07, 6.45) is 0. The molecular formula is C16H17N3O3S2. The number of nitrogens with one attached hydrogen (secondary N) is 1. The first-order valence-corrected chi connectivity index (χ1v) is 9.25. The fourth-order valence-corrected chi connectivity index (χ4v) is 3.93. The summed E-state index contributed by atoms with van der Waals surface area (Å²) in [6, 6.07) is 5.88. The van der Waals surface area contributed by atoms with Gasteiger partial charge in [-0.1, -0.05) is 23.4 Å². The largest absolute Gasteiger partial charge is 0.496 e. The molecule has 6 nitrogen and oxygen atoms in total. The quantitative estimate of drug-likeness (QED) is 0.883. The van der Waals surface area contributed by atoms with Crippen molar-refractivity contribution in [3.05, 3.63) is 29.1 Å². The molecule has 1 N–H and O–H groups in total. The Kier molecular flexibility index (Phi) is 5.06. The van der Waals surface area contributed by atoms with Crippen LogP contribution in [0.3, 0.4) is 0 Å². The van der Waals surface area contributed by atoms with Crippen LogP contribution in [0.15, 0.2) is 23.6 Å². The Morgan fingerprint density at radius 2 is 2.29 bits per heavy atom. The van der Waals surface area contributed by atoms with Gasteiger partial charge in [-0.2, -0.15) is 0 Å². The van der Waals surface area contributed by atoms with Crippen LogP contribution in [0.5, 0.6) is 5.75 Å². The first-order valence-electron chi connectivity index (χ1n) is 7.39. The molecule has 1 aliphatic rings. The molecule has 1 aromatic heterocycles. The molecule has 8 heteroatoms. The normalized spacial score (nSPS) is 14.1. The van der Waals surface area contributed by atoms with Crippen LogP contribution >= 0.6 is 23.1 Å². The number of amides is 2. The van der Waals surface area contributed by atoms with Crippen molar-refractivity contribution in [1.29, 1.82) is 0 Å². The average Bonchev–Trinajstić information content (AvgIpc) is 3.17. The Bertz CT molecular complexity index is 776. The van der Waals surface area contributed by atoms with Crippen molar-refractivity contribution in [2.45, 2.75) is 6.92 Å². The zero-order chi connectivity index (χ0) is 17.1. The topological polar surface area (TPSA) is 71.5 Å². The fraction of sp³-hybridized carbons (Fsp3) is 0.312. The van der Waals surface area contributed by atoms with E-state index < -0.39 is 0 Å². The van der Waals surface area contributed by atoms with Crippen LogP contribution in [-0.4, -0.2) is 47.0 Å². The maximum absolute atomic E-state index is 12.1. The van der Waals surface area contributed by atoms with E-state index in [4.69, 9.17) is 4.74 Å². The molecule has 3 rings (SSSR count). The number of thiazole rings is 1. The molecule has 0 spiro atoms. The fourth-order valence-electron chi connectivity index (χ4n) is 2.38. The van der Waals surface area contributed by atoms with Gasteiger partial charge in [-0.3, -0.25) is 9.59 Å².